The highest BCUT2D eigenvalue weighted by Crippen LogP contribution is 2.38. The van der Waals surface area contributed by atoms with Gasteiger partial charge in [-0.15, -0.1) is 0 Å². The maximum Gasteiger partial charge on any atom is 0.430 e. The molecule has 9 N–H and O–H groups in total. The molecule has 2 aromatic rings. The molecule has 0 radical (unpaired) electrons. The Balaban J connectivity index is 0.00000162. The predicted octanol–water partition coefficient (Wildman–Crippen LogP) is -0.458. The maximum absolute atomic E-state index is 13.1. The Morgan fingerprint density at radius 3 is 2.19 bits per heavy atom. The number of imide groups is 1. The van der Waals surface area contributed by atoms with Crippen molar-refractivity contribution in [3.05, 3.63) is 60.4 Å². The van der Waals surface area contributed by atoms with Crippen LogP contribution < -0.4 is 35.7 Å². The van der Waals surface area contributed by atoms with Gasteiger partial charge < -0.3 is 65.8 Å². The van der Waals surface area contributed by atoms with Crippen molar-refractivity contribution in [3.63, 3.8) is 0 Å². The van der Waals surface area contributed by atoms with Gasteiger partial charge in [-0.05, 0) is 43.9 Å². The molecule has 1 aliphatic carbocycles. The van der Waals surface area contributed by atoms with Gasteiger partial charge in [0.25, 0.3) is 11.8 Å². The number of benzene rings is 1. The van der Waals surface area contributed by atoms with E-state index in [-0.39, 0.29) is 67.8 Å². The number of ether oxygens (including phenoxy) is 2. The number of unbranched alkanes of at least 4 members (excludes halogenated alkanes) is 4. The zero-order chi connectivity index (χ0) is 55.3. The number of hydrogen-bond acceptors (Lipinski definition) is 16. The second-order valence-electron chi connectivity index (χ2n) is 18.0. The first-order valence-electron chi connectivity index (χ1n) is 24.0. The molecule has 2 fully saturated rings. The third-order valence-corrected chi connectivity index (χ3v) is 12.3. The first-order chi connectivity index (χ1) is 35.6. The molecule has 5 amide bonds. The summed E-state index contributed by atoms with van der Waals surface area (Å²) in [5.74, 6) is -6.46. The summed E-state index contributed by atoms with van der Waals surface area (Å²) in [6.45, 7) is 1.21. The van der Waals surface area contributed by atoms with Crippen LogP contribution in [-0.2, 0) is 44.8 Å². The molecule has 3 aliphatic rings. The van der Waals surface area contributed by atoms with Crippen molar-refractivity contribution < 1.29 is 91.4 Å². The number of aliphatic hydroxyl groups excluding tert-OH is 4. The maximum atomic E-state index is 13.1. The molecule has 0 bridgehead atoms. The lowest BCUT2D eigenvalue weighted by molar-refractivity contribution is -0.688. The highest BCUT2D eigenvalue weighted by Gasteiger charge is 2.48. The molecule has 1 aromatic heterocycles. The molecule has 0 spiro atoms. The highest BCUT2D eigenvalue weighted by atomic mass is 19.4. The van der Waals surface area contributed by atoms with Crippen LogP contribution in [0, 0.1) is 16.9 Å². The number of nitriles is 1. The largest absolute Gasteiger partial charge is 0.542 e. The van der Waals surface area contributed by atoms with Gasteiger partial charge in [-0.25, -0.2) is 9.36 Å². The van der Waals surface area contributed by atoms with E-state index >= 15 is 0 Å². The smallest absolute Gasteiger partial charge is 0.430 e. The zero-order valence-electron chi connectivity index (χ0n) is 41.0. The Labute approximate surface area is 428 Å². The first-order valence-corrected chi connectivity index (χ1v) is 24.0. The van der Waals surface area contributed by atoms with Gasteiger partial charge in [0.05, 0.1) is 18.0 Å². The molecular weight excluding hydrogens is 1000 g/mol. The number of pyridine rings is 1. The summed E-state index contributed by atoms with van der Waals surface area (Å²) in [5, 5.41) is 79.5. The minimum absolute atomic E-state index is 0.0630. The Hall–Kier alpha value is -7.25. The average Bonchev–Trinajstić information content (AvgIpc) is 3.97. The SMILES string of the molecule is CN(CC1(CO)CCCC1)C(=O)CCCCCCCN=C(NC#N)Nc1cc[n+](Cc2ccc(O[C@@H]3O[C@H](C(=O)O)[C@@H](O)[C@H](O)[C@H]3O)c(NC(=O)CCNC(=O)CCN3C(=O)C=CC3=O)c2)cc1.O=C([O-])C(F)(F)F. The number of alkyl halides is 3. The molecule has 1 aromatic carbocycles. The van der Waals surface area contributed by atoms with Crippen LogP contribution in [0.3, 0.4) is 0 Å². The fourth-order valence-corrected chi connectivity index (χ4v) is 8.17. The molecule has 3 heterocycles. The topological polar surface area (TPSA) is 357 Å². The van der Waals surface area contributed by atoms with E-state index in [2.05, 4.69) is 26.3 Å². The number of carbonyl (C=O) groups is 7. The number of guanidine groups is 1. The van der Waals surface area contributed by atoms with E-state index < -0.39 is 72.4 Å². The van der Waals surface area contributed by atoms with Crippen LogP contribution in [0.5, 0.6) is 5.75 Å². The van der Waals surface area contributed by atoms with E-state index in [1.54, 1.807) is 41.6 Å². The van der Waals surface area contributed by atoms with Crippen LogP contribution in [0.4, 0.5) is 24.5 Å². The van der Waals surface area contributed by atoms with Gasteiger partial charge in [0.1, 0.15) is 30.0 Å². The second-order valence-corrected chi connectivity index (χ2v) is 18.0. The molecule has 27 heteroatoms. The van der Waals surface area contributed by atoms with Crippen molar-refractivity contribution in [2.45, 2.75) is 120 Å². The van der Waals surface area contributed by atoms with Gasteiger partial charge in [0, 0.05) is 87.8 Å². The third kappa shape index (κ3) is 19.2. The van der Waals surface area contributed by atoms with Crippen LogP contribution in [0.25, 0.3) is 0 Å². The van der Waals surface area contributed by atoms with Crippen molar-refractivity contribution >= 4 is 58.8 Å². The normalized spacial score (nSPS) is 20.1. The molecule has 5 rings (SSSR count). The van der Waals surface area contributed by atoms with Crippen LogP contribution in [-0.4, -0.2) is 159 Å². The number of nitrogens with one attached hydrogen (secondary N) is 4. The van der Waals surface area contributed by atoms with E-state index in [1.807, 2.05) is 17.8 Å². The Morgan fingerprint density at radius 1 is 0.933 bits per heavy atom. The van der Waals surface area contributed by atoms with Gasteiger partial charge in [-0.2, -0.15) is 18.4 Å². The molecule has 24 nitrogen and oxygen atoms in total. The number of aliphatic hydroxyl groups is 4. The number of carboxylic acid groups (broad SMARTS) is 2. The minimum atomic E-state index is -5.19. The van der Waals surface area contributed by atoms with E-state index in [1.165, 1.54) is 6.07 Å². The van der Waals surface area contributed by atoms with Crippen molar-refractivity contribution in [1.82, 2.24) is 20.4 Å². The zero-order valence-corrected chi connectivity index (χ0v) is 41.0. The summed E-state index contributed by atoms with van der Waals surface area (Å²) in [7, 11) is 1.82. The van der Waals surface area contributed by atoms with Crippen molar-refractivity contribution in [1.29, 1.82) is 5.26 Å². The molecule has 1 saturated carbocycles. The van der Waals surface area contributed by atoms with Crippen molar-refractivity contribution in [2.24, 2.45) is 10.4 Å². The summed E-state index contributed by atoms with van der Waals surface area (Å²) in [5.41, 5.74) is 1.18. The fraction of sp³-hybridized carbons (Fsp3) is 0.542. The summed E-state index contributed by atoms with van der Waals surface area (Å²) < 4.78 is 44.4. The standard InChI is InChI=1S/C46H61N9O13.C2HF3O2/c1-53(27-46(28-56)18-6-7-19-46)36(59)9-5-3-2-4-8-20-49-45(50-29-47)51-31-15-22-54(23-16-31)26-30-10-11-33(67-44-41(64)39(62)40(63)42(68-44)43(65)66)32(25-30)52-35(58)14-21-48-34(57)17-24-55-37(60)12-13-38(55)61;3-2(4,5)1(6)7/h10-13,15-16,22-23,25,39-42,44,56,62-64H,2-9,14,17-21,24,26-28H2,1H3,(H4,48,49,50,52,57,58,65,66);(H,6,7)/t39-,40-,41+,42-,44+;/m0./s1. The number of amides is 5. The van der Waals surface area contributed by atoms with Crippen LogP contribution in [0.2, 0.25) is 0 Å². The first kappa shape index (κ1) is 60.3. The lowest BCUT2D eigenvalue weighted by Crippen LogP contribution is -2.61. The highest BCUT2D eigenvalue weighted by molar-refractivity contribution is 6.13. The number of nitrogens with zero attached hydrogens (tertiary/aromatic N) is 5. The number of hydrogen-bond donors (Lipinski definition) is 9. The lowest BCUT2D eigenvalue weighted by Gasteiger charge is -2.38. The van der Waals surface area contributed by atoms with Crippen molar-refractivity contribution in [3.8, 4) is 11.9 Å². The molecule has 5 atom stereocenters. The number of halogens is 3. The van der Waals surface area contributed by atoms with Crippen LogP contribution in [0.1, 0.15) is 82.6 Å². The molecule has 410 valence electrons. The van der Waals surface area contributed by atoms with Gasteiger partial charge in [0.2, 0.25) is 30.0 Å². The molecule has 2 aliphatic heterocycles. The number of carbonyl (C=O) groups excluding carboxylic acids is 6. The van der Waals surface area contributed by atoms with Gasteiger partial charge in [0.15, 0.2) is 31.2 Å². The average molecular weight is 1060 g/mol. The molecule has 0 unspecified atom stereocenters. The summed E-state index contributed by atoms with van der Waals surface area (Å²) in [6, 6.07) is 8.15. The number of carboxylic acids is 2. The Bertz CT molecular complexity index is 2400. The number of anilines is 2. The lowest BCUT2D eigenvalue weighted by atomic mass is 9.86. The quantitative estimate of drug-likeness (QED) is 0.0122. The Kier molecular flexibility index (Phi) is 23.3. The fourth-order valence-electron chi connectivity index (χ4n) is 8.17. The van der Waals surface area contributed by atoms with Gasteiger partial charge >= 0.3 is 12.1 Å². The molecule has 75 heavy (non-hydrogen) atoms. The van der Waals surface area contributed by atoms with Gasteiger partial charge in [-0.3, -0.25) is 39.2 Å². The van der Waals surface area contributed by atoms with E-state index in [4.69, 9.17) is 19.4 Å². The number of rotatable bonds is 24. The van der Waals surface area contributed by atoms with Gasteiger partial charge in [-0.1, -0.05) is 32.1 Å². The summed E-state index contributed by atoms with van der Waals surface area (Å²) >= 11 is 0. The molecular formula is C48H62F3N9O15. The monoisotopic (exact) mass is 1060 g/mol. The van der Waals surface area contributed by atoms with Crippen LogP contribution in [0.15, 0.2) is 59.9 Å². The van der Waals surface area contributed by atoms with Crippen molar-refractivity contribution in [2.75, 3.05) is 50.5 Å². The number of aliphatic carboxylic acids is 2. The van der Waals surface area contributed by atoms with E-state index in [9.17, 15) is 72.7 Å². The van der Waals surface area contributed by atoms with E-state index in [0.29, 0.717) is 30.8 Å². The Morgan fingerprint density at radius 2 is 1.57 bits per heavy atom. The second kappa shape index (κ2) is 29.0. The van der Waals surface area contributed by atoms with Crippen LogP contribution >= 0.6 is 0 Å². The summed E-state index contributed by atoms with van der Waals surface area (Å²) in [4.78, 5) is 89.4. The third-order valence-electron chi connectivity index (χ3n) is 12.3. The minimum Gasteiger partial charge on any atom is -0.542 e. The summed E-state index contributed by atoms with van der Waals surface area (Å²) in [6.07, 6.45) is 1.49. The predicted molar refractivity (Wildman–Crippen MR) is 253 cm³/mol. The number of aromatic nitrogens is 1. The number of aliphatic imine (C=N–C) groups is 1. The molecule has 1 saturated heterocycles. The van der Waals surface area contributed by atoms with E-state index in [0.717, 1.165) is 74.8 Å².